The zero-order valence-electron chi connectivity index (χ0n) is 15.5. The van der Waals surface area contributed by atoms with Crippen molar-refractivity contribution in [2.45, 2.75) is 23.9 Å². The zero-order chi connectivity index (χ0) is 18.5. The van der Waals surface area contributed by atoms with E-state index in [0.717, 1.165) is 5.56 Å². The van der Waals surface area contributed by atoms with Gasteiger partial charge in [0.05, 0.1) is 0 Å². The van der Waals surface area contributed by atoms with Gasteiger partial charge in [-0.2, -0.15) is 0 Å². The summed E-state index contributed by atoms with van der Waals surface area (Å²) in [6.07, 6.45) is 6.08. The molecule has 0 aliphatic heterocycles. The molecule has 1 N–H and O–H groups in total. The number of rotatable bonds is 7. The molecule has 0 spiro atoms. The Labute approximate surface area is 164 Å². The van der Waals surface area contributed by atoms with Gasteiger partial charge in [-0.15, -0.1) is 0 Å². The van der Waals surface area contributed by atoms with Crippen molar-refractivity contribution in [1.29, 1.82) is 0 Å². The van der Waals surface area contributed by atoms with Crippen LogP contribution in [0.5, 0.6) is 0 Å². The molecule has 135 valence electrons. The Morgan fingerprint density at radius 2 is 1.42 bits per heavy atom. The molecule has 3 rings (SSSR count). The van der Waals surface area contributed by atoms with Gasteiger partial charge in [-0.05, 0) is 0 Å². The standard InChI is InChI=1S/C23H26NOSe/c1-17(24(2)3)20-15-10-16-21(20)26-23(19-13-8-5-9-14-19)22(25)18-11-6-4-7-12-18/h4-17,22-23,25H,1-3H3/t17-,22+,23+/m0/s1. The number of nitrogens with zero attached hydrogens (tertiary/aromatic N) is 1. The van der Waals surface area contributed by atoms with Gasteiger partial charge in [0.25, 0.3) is 0 Å². The summed E-state index contributed by atoms with van der Waals surface area (Å²) >= 11 is 0.125. The predicted molar refractivity (Wildman–Crippen MR) is 109 cm³/mol. The van der Waals surface area contributed by atoms with Gasteiger partial charge in [-0.25, -0.2) is 0 Å². The molecule has 0 unspecified atom stereocenters. The average molecular weight is 411 g/mol. The van der Waals surface area contributed by atoms with Gasteiger partial charge in [0.1, 0.15) is 0 Å². The second-order valence-corrected chi connectivity index (χ2v) is 9.27. The van der Waals surface area contributed by atoms with E-state index in [4.69, 9.17) is 0 Å². The number of benzene rings is 2. The van der Waals surface area contributed by atoms with E-state index in [1.165, 1.54) is 16.3 Å². The molecule has 26 heavy (non-hydrogen) atoms. The molecule has 0 bridgehead atoms. The predicted octanol–water partition coefficient (Wildman–Crippen LogP) is 3.85. The summed E-state index contributed by atoms with van der Waals surface area (Å²) in [5.41, 5.74) is 2.19. The SMILES string of the molecule is C[C@@H]([C]1[CH][CH][CH][C]1[Se][C@H](c1ccccc1)[C@H](O)c1ccccc1)N(C)C. The van der Waals surface area contributed by atoms with Crippen molar-refractivity contribution in [1.82, 2.24) is 4.90 Å². The maximum atomic E-state index is 11.2. The fourth-order valence-corrected chi connectivity index (χ4v) is 5.97. The average Bonchev–Trinajstić information content (AvgIpc) is 3.14. The first-order chi connectivity index (χ1) is 12.6. The molecule has 2 aromatic carbocycles. The molecule has 0 saturated heterocycles. The van der Waals surface area contributed by atoms with Crippen LogP contribution in [0.1, 0.15) is 29.0 Å². The van der Waals surface area contributed by atoms with Crippen molar-refractivity contribution < 1.29 is 5.11 Å². The molecule has 5 radical (unpaired) electrons. The molecule has 1 aliphatic carbocycles. The molecule has 1 saturated carbocycles. The molecule has 0 aromatic heterocycles. The van der Waals surface area contributed by atoms with Gasteiger partial charge < -0.3 is 0 Å². The van der Waals surface area contributed by atoms with Crippen LogP contribution in [0, 0.1) is 30.0 Å². The van der Waals surface area contributed by atoms with Gasteiger partial charge in [0.15, 0.2) is 0 Å². The summed E-state index contributed by atoms with van der Waals surface area (Å²) in [6.45, 7) is 2.24. The Hall–Kier alpha value is -1.12. The molecule has 0 heterocycles. The molecule has 3 heteroatoms. The first-order valence-electron chi connectivity index (χ1n) is 8.94. The molecule has 1 aliphatic rings. The second-order valence-electron chi connectivity index (χ2n) is 6.79. The first-order valence-corrected chi connectivity index (χ1v) is 10.8. The van der Waals surface area contributed by atoms with Crippen LogP contribution in [0.4, 0.5) is 0 Å². The third-order valence-electron chi connectivity index (χ3n) is 4.84. The Morgan fingerprint density at radius 1 is 0.846 bits per heavy atom. The molecule has 2 nitrogen and oxygen atoms in total. The van der Waals surface area contributed by atoms with Gasteiger partial charge >= 0.3 is 165 Å². The molecular weight excluding hydrogens is 385 g/mol. The van der Waals surface area contributed by atoms with Gasteiger partial charge in [-0.3, -0.25) is 0 Å². The van der Waals surface area contributed by atoms with Gasteiger partial charge in [0, 0.05) is 0 Å². The van der Waals surface area contributed by atoms with Crippen molar-refractivity contribution in [3.05, 3.63) is 102 Å². The summed E-state index contributed by atoms with van der Waals surface area (Å²) in [5.74, 6) is 1.37. The van der Waals surface area contributed by atoms with Gasteiger partial charge in [0.2, 0.25) is 0 Å². The monoisotopic (exact) mass is 412 g/mol. The molecule has 2 aromatic rings. The Kier molecular flexibility index (Phi) is 6.94. The third-order valence-corrected chi connectivity index (χ3v) is 7.80. The van der Waals surface area contributed by atoms with E-state index in [0.29, 0.717) is 6.04 Å². The molecule has 1 fully saturated rings. The number of aliphatic hydroxyl groups is 1. The van der Waals surface area contributed by atoms with Crippen molar-refractivity contribution in [2.24, 2.45) is 0 Å². The third kappa shape index (κ3) is 4.58. The van der Waals surface area contributed by atoms with Crippen molar-refractivity contribution in [2.75, 3.05) is 14.1 Å². The van der Waals surface area contributed by atoms with E-state index in [2.05, 4.69) is 69.4 Å². The normalized spacial score (nSPS) is 19.6. The van der Waals surface area contributed by atoms with Crippen LogP contribution < -0.4 is 0 Å². The van der Waals surface area contributed by atoms with Crippen LogP contribution in [0.3, 0.4) is 0 Å². The van der Waals surface area contributed by atoms with Crippen LogP contribution in [-0.4, -0.2) is 45.1 Å². The molecule has 3 atom stereocenters. The fourth-order valence-electron chi connectivity index (χ4n) is 3.07. The van der Waals surface area contributed by atoms with Crippen LogP contribution in [0.15, 0.2) is 60.7 Å². The maximum absolute atomic E-state index is 11.2. The van der Waals surface area contributed by atoms with Crippen LogP contribution in [-0.2, 0) is 0 Å². The number of aliphatic hydroxyl groups excluding tert-OH is 1. The van der Waals surface area contributed by atoms with Gasteiger partial charge in [-0.1, -0.05) is 0 Å². The first kappa shape index (κ1) is 19.6. The van der Waals surface area contributed by atoms with E-state index in [-0.39, 0.29) is 19.8 Å². The zero-order valence-corrected chi connectivity index (χ0v) is 17.3. The topological polar surface area (TPSA) is 23.5 Å². The van der Waals surface area contributed by atoms with Crippen LogP contribution in [0.2, 0.25) is 0 Å². The summed E-state index contributed by atoms with van der Waals surface area (Å²) in [6, 6.07) is 20.8. The molecule has 0 amide bonds. The van der Waals surface area contributed by atoms with E-state index in [1.54, 1.807) is 0 Å². The van der Waals surface area contributed by atoms with E-state index < -0.39 is 6.10 Å². The summed E-state index contributed by atoms with van der Waals surface area (Å²) in [7, 11) is 4.23. The van der Waals surface area contributed by atoms with Crippen molar-refractivity contribution in [3.8, 4) is 0 Å². The number of hydrogen-bond donors (Lipinski definition) is 1. The Balaban J connectivity index is 1.84. The summed E-state index contributed by atoms with van der Waals surface area (Å²) in [5, 5.41) is 11.2. The van der Waals surface area contributed by atoms with E-state index >= 15 is 0 Å². The Bertz CT molecular complexity index is 660. The van der Waals surface area contributed by atoms with E-state index in [9.17, 15) is 5.11 Å². The minimum absolute atomic E-state index is 0.0848. The number of hydrogen-bond acceptors (Lipinski definition) is 2. The quantitative estimate of drug-likeness (QED) is 0.700. The molecular formula is C23H26NOSe. The second kappa shape index (κ2) is 9.19. The fraction of sp³-hybridized carbons (Fsp3) is 0.261. The minimum atomic E-state index is -0.504. The summed E-state index contributed by atoms with van der Waals surface area (Å²) in [4.78, 5) is 3.70. The van der Waals surface area contributed by atoms with Crippen molar-refractivity contribution >= 4 is 15.0 Å². The van der Waals surface area contributed by atoms with Crippen LogP contribution >= 0.6 is 0 Å². The summed E-state index contributed by atoms with van der Waals surface area (Å²) < 4.78 is 0. The Morgan fingerprint density at radius 3 is 2.00 bits per heavy atom. The van der Waals surface area contributed by atoms with Crippen LogP contribution in [0.25, 0.3) is 0 Å². The van der Waals surface area contributed by atoms with E-state index in [1.807, 2.05) is 36.4 Å². The van der Waals surface area contributed by atoms with Crippen molar-refractivity contribution in [3.63, 3.8) is 0 Å².